The number of carbonyl (C=O) groups excluding carboxylic acids is 1. The molecule has 2 aromatic rings. The molecule has 3 rings (SSSR count). The average molecular weight is 430 g/mol. The number of nitrogens with one attached hydrogen (secondary N) is 2. The second-order valence-electron chi connectivity index (χ2n) is 7.91. The van der Waals surface area contributed by atoms with Gasteiger partial charge < -0.3 is 19.9 Å². The molecular weight excluding hydrogens is 403 g/mol. The highest BCUT2D eigenvalue weighted by Crippen LogP contribution is 2.36. The third kappa shape index (κ3) is 6.01. The lowest BCUT2D eigenvalue weighted by Crippen LogP contribution is -2.41. The zero-order chi connectivity index (χ0) is 22.4. The van der Waals surface area contributed by atoms with Crippen LogP contribution in [0.1, 0.15) is 40.2 Å². The Morgan fingerprint density at radius 3 is 2.00 bits per heavy atom. The maximum atomic E-state index is 12.3. The van der Waals surface area contributed by atoms with Gasteiger partial charge in [-0.2, -0.15) is 8.42 Å². The molecule has 0 unspecified atom stereocenters. The Hall–Kier alpha value is -2.49. The van der Waals surface area contributed by atoms with Crippen molar-refractivity contribution in [2.45, 2.75) is 52.2 Å². The fourth-order valence-electron chi connectivity index (χ4n) is 2.86. The van der Waals surface area contributed by atoms with Crippen LogP contribution in [0, 0.1) is 0 Å². The molecule has 1 fully saturated rings. The molecule has 1 heterocycles. The quantitative estimate of drug-likeness (QED) is 0.724. The second kappa shape index (κ2) is 10.0. The molecule has 0 bridgehead atoms. The predicted octanol–water partition coefficient (Wildman–Crippen LogP) is 3.52. The average Bonchev–Trinajstić information content (AvgIpc) is 2.90. The van der Waals surface area contributed by atoms with E-state index in [2.05, 4.69) is 17.6 Å². The minimum absolute atomic E-state index is 0.287. The van der Waals surface area contributed by atoms with Gasteiger partial charge in [0.15, 0.2) is 0 Å². The van der Waals surface area contributed by atoms with E-state index in [4.69, 9.17) is 17.7 Å². The summed E-state index contributed by atoms with van der Waals surface area (Å²) in [7, 11) is -0.457. The van der Waals surface area contributed by atoms with Gasteiger partial charge in [0.1, 0.15) is 0 Å². The molecule has 7 nitrogen and oxygen atoms in total. The van der Waals surface area contributed by atoms with Crippen molar-refractivity contribution in [3.05, 3.63) is 54.1 Å². The first-order valence-corrected chi connectivity index (χ1v) is 10.3. The maximum absolute atomic E-state index is 12.3. The van der Waals surface area contributed by atoms with Crippen LogP contribution in [0.4, 0.5) is 16.2 Å². The normalized spacial score (nSPS) is 16.2. The number of anilines is 2. The van der Waals surface area contributed by atoms with Gasteiger partial charge in [-0.05, 0) is 69.4 Å². The largest absolute Gasteiger partial charge is 0.494 e. The number of amides is 2. The Morgan fingerprint density at radius 1 is 0.933 bits per heavy atom. The van der Waals surface area contributed by atoms with E-state index < -0.39 is 29.9 Å². The summed E-state index contributed by atoms with van der Waals surface area (Å²) in [5, 5.41) is 5.71. The molecule has 30 heavy (non-hydrogen) atoms. The van der Waals surface area contributed by atoms with Crippen LogP contribution in [-0.4, -0.2) is 32.8 Å². The molecule has 0 aromatic heterocycles. The summed E-state index contributed by atoms with van der Waals surface area (Å²) in [4.78, 5) is 12.3. The smallest absolute Gasteiger partial charge is 0.399 e. The summed E-state index contributed by atoms with van der Waals surface area (Å²) in [6.45, 7) is 10.2. The van der Waals surface area contributed by atoms with Crippen molar-refractivity contribution >= 4 is 41.6 Å². The van der Waals surface area contributed by atoms with Crippen molar-refractivity contribution in [2.24, 2.45) is 0 Å². The molecule has 2 N–H and O–H groups in total. The van der Waals surface area contributed by atoms with Gasteiger partial charge in [-0.3, -0.25) is 0 Å². The highest BCUT2D eigenvalue weighted by Gasteiger charge is 2.51. The fraction of sp³-hybridized carbons (Fsp3) is 0.381. The van der Waals surface area contributed by atoms with Gasteiger partial charge in [-0.25, -0.2) is 4.79 Å². The zero-order valence-corrected chi connectivity index (χ0v) is 18.7. The highest BCUT2D eigenvalue weighted by atomic mass is 32.1. The van der Waals surface area contributed by atoms with Crippen molar-refractivity contribution in [3.8, 4) is 0 Å². The number of benzene rings is 2. The molecule has 0 aliphatic carbocycles. The zero-order valence-electron chi connectivity index (χ0n) is 17.9. The van der Waals surface area contributed by atoms with Gasteiger partial charge in [-0.1, -0.05) is 31.2 Å². The van der Waals surface area contributed by atoms with Crippen molar-refractivity contribution in [3.63, 3.8) is 0 Å². The molecule has 160 valence electrons. The fourth-order valence-corrected chi connectivity index (χ4v) is 2.86. The van der Waals surface area contributed by atoms with Crippen LogP contribution in [-0.2, 0) is 27.3 Å². The Balaban J connectivity index is 0.00000101. The van der Waals surface area contributed by atoms with E-state index in [0.29, 0.717) is 5.69 Å². The highest BCUT2D eigenvalue weighted by molar-refractivity contribution is 7.51. The molecule has 0 spiro atoms. The molecule has 0 atom stereocenters. The Kier molecular flexibility index (Phi) is 7.94. The van der Waals surface area contributed by atoms with Crippen LogP contribution in [0.2, 0.25) is 0 Å². The summed E-state index contributed by atoms with van der Waals surface area (Å²) < 4.78 is 28.7. The standard InChI is InChI=1S/C21H27BN2O3.O2S/c1-6-15-10-12-17(13-11-15)23-19(25)24-18-9-7-8-16(14-18)22-26-20(2,3)21(4,5)27-22;1-3-2/h7-14H,6H2,1-5H3,(H2,23,24,25);. The number of aryl methyl sites for hydroxylation is 1. The third-order valence-corrected chi connectivity index (χ3v) is 5.29. The van der Waals surface area contributed by atoms with Crippen molar-refractivity contribution in [2.75, 3.05) is 10.6 Å². The monoisotopic (exact) mass is 430 g/mol. The van der Waals surface area contributed by atoms with E-state index in [0.717, 1.165) is 17.6 Å². The SMILES string of the molecule is CCc1ccc(NC(=O)Nc2cccc(B3OC(C)(C)C(C)(C)O3)c2)cc1.O=S=O. The molecule has 1 saturated heterocycles. The van der Waals surface area contributed by atoms with Crippen LogP contribution in [0.5, 0.6) is 0 Å². The molecule has 1 aliphatic rings. The Bertz CT molecular complexity index is 896. The number of hydrogen-bond acceptors (Lipinski definition) is 5. The molecule has 2 amide bonds. The van der Waals surface area contributed by atoms with E-state index in [1.165, 1.54) is 5.56 Å². The topological polar surface area (TPSA) is 93.7 Å². The van der Waals surface area contributed by atoms with Gasteiger partial charge in [0, 0.05) is 11.4 Å². The first-order chi connectivity index (χ1) is 14.1. The molecule has 9 heteroatoms. The first-order valence-electron chi connectivity index (χ1n) is 9.66. The predicted molar refractivity (Wildman–Crippen MR) is 120 cm³/mol. The van der Waals surface area contributed by atoms with Crippen LogP contribution in [0.3, 0.4) is 0 Å². The molecule has 0 radical (unpaired) electrons. The molecular formula is C21H27BN2O5S. The van der Waals surface area contributed by atoms with Crippen LogP contribution in [0.25, 0.3) is 0 Å². The number of hydrogen-bond donors (Lipinski definition) is 2. The van der Waals surface area contributed by atoms with E-state index >= 15 is 0 Å². The Labute approximate surface area is 181 Å². The molecule has 1 aliphatic heterocycles. The van der Waals surface area contributed by atoms with Crippen molar-refractivity contribution < 1.29 is 22.5 Å². The van der Waals surface area contributed by atoms with Gasteiger partial charge in [0.05, 0.1) is 11.2 Å². The second-order valence-corrected chi connectivity index (χ2v) is 8.05. The van der Waals surface area contributed by atoms with Gasteiger partial charge >= 0.3 is 24.7 Å². The lowest BCUT2D eigenvalue weighted by molar-refractivity contribution is 0.00578. The van der Waals surface area contributed by atoms with Crippen LogP contribution in [0.15, 0.2) is 48.5 Å². The lowest BCUT2D eigenvalue weighted by atomic mass is 9.79. The van der Waals surface area contributed by atoms with Crippen molar-refractivity contribution in [1.29, 1.82) is 0 Å². The molecule has 2 aromatic carbocycles. The summed E-state index contributed by atoms with van der Waals surface area (Å²) in [6, 6.07) is 15.1. The van der Waals surface area contributed by atoms with Gasteiger partial charge in [-0.15, -0.1) is 0 Å². The minimum Gasteiger partial charge on any atom is -0.399 e. The summed E-state index contributed by atoms with van der Waals surface area (Å²) in [5.41, 5.74) is 2.75. The van der Waals surface area contributed by atoms with Crippen LogP contribution >= 0.6 is 0 Å². The van der Waals surface area contributed by atoms with E-state index in [1.807, 2.05) is 76.2 Å². The third-order valence-electron chi connectivity index (χ3n) is 5.29. The van der Waals surface area contributed by atoms with E-state index in [-0.39, 0.29) is 6.03 Å². The van der Waals surface area contributed by atoms with Crippen molar-refractivity contribution in [1.82, 2.24) is 0 Å². The first kappa shape index (κ1) is 23.8. The summed E-state index contributed by atoms with van der Waals surface area (Å²) >= 11 is -0.750. The maximum Gasteiger partial charge on any atom is 0.494 e. The van der Waals surface area contributed by atoms with Gasteiger partial charge in [0.25, 0.3) is 0 Å². The van der Waals surface area contributed by atoms with E-state index in [9.17, 15) is 4.79 Å². The Morgan fingerprint density at radius 2 is 1.47 bits per heavy atom. The summed E-state index contributed by atoms with van der Waals surface area (Å²) in [5.74, 6) is 0. The number of urea groups is 1. The summed E-state index contributed by atoms with van der Waals surface area (Å²) in [6.07, 6.45) is 0.970. The number of carbonyl (C=O) groups is 1. The molecule has 0 saturated carbocycles. The lowest BCUT2D eigenvalue weighted by Gasteiger charge is -2.32. The van der Waals surface area contributed by atoms with E-state index in [1.54, 1.807) is 0 Å². The minimum atomic E-state index is -0.750. The van der Waals surface area contributed by atoms with Crippen LogP contribution < -0.4 is 16.1 Å². The number of rotatable bonds is 4. The van der Waals surface area contributed by atoms with Gasteiger partial charge in [0.2, 0.25) is 0 Å².